The Hall–Kier alpha value is -2.44. The highest BCUT2D eigenvalue weighted by molar-refractivity contribution is 7.90. The lowest BCUT2D eigenvalue weighted by atomic mass is 10.1. The van der Waals surface area contributed by atoms with Crippen LogP contribution in [0, 0.1) is 6.92 Å². The third-order valence-corrected chi connectivity index (χ3v) is 6.69. The summed E-state index contributed by atoms with van der Waals surface area (Å²) in [5, 5.41) is 3.61. The maximum absolute atomic E-state index is 13.2. The molecule has 0 bridgehead atoms. The first-order chi connectivity index (χ1) is 13.5. The zero-order chi connectivity index (χ0) is 19.6. The number of benzene rings is 2. The number of rotatable bonds is 8. The molecule has 28 heavy (non-hydrogen) atoms. The Labute approximate surface area is 166 Å². The van der Waals surface area contributed by atoms with Crippen LogP contribution in [-0.4, -0.2) is 24.0 Å². The summed E-state index contributed by atoms with van der Waals surface area (Å²) >= 11 is 0. The minimum absolute atomic E-state index is 0.0407. The Kier molecular flexibility index (Phi) is 5.33. The molecule has 6 heteroatoms. The molecule has 1 aliphatic carbocycles. The summed E-state index contributed by atoms with van der Waals surface area (Å²) in [7, 11) is -3.56. The van der Waals surface area contributed by atoms with Gasteiger partial charge in [0.05, 0.1) is 24.2 Å². The van der Waals surface area contributed by atoms with Gasteiger partial charge in [-0.05, 0) is 36.5 Å². The van der Waals surface area contributed by atoms with Crippen molar-refractivity contribution in [3.8, 4) is 0 Å². The van der Waals surface area contributed by atoms with Crippen LogP contribution < -0.4 is 5.32 Å². The highest BCUT2D eigenvalue weighted by Crippen LogP contribution is 2.23. The first-order valence-electron chi connectivity index (χ1n) is 9.62. The van der Waals surface area contributed by atoms with Crippen LogP contribution in [0.5, 0.6) is 0 Å². The molecule has 0 radical (unpaired) electrons. The third kappa shape index (κ3) is 4.34. The van der Waals surface area contributed by atoms with Gasteiger partial charge in [0, 0.05) is 12.6 Å². The number of nitrogens with one attached hydrogen (secondary N) is 1. The summed E-state index contributed by atoms with van der Waals surface area (Å²) in [6.07, 6.45) is 4.07. The summed E-state index contributed by atoms with van der Waals surface area (Å²) in [6.45, 7) is 3.06. The molecular weight excluding hydrogens is 370 g/mol. The molecule has 146 valence electrons. The lowest BCUT2D eigenvalue weighted by Gasteiger charge is -2.14. The SMILES string of the molecule is Cc1ccccc1CS(=O)(=O)c1ncc(CNC2CC2)n1Cc1ccccc1. The van der Waals surface area contributed by atoms with Crippen molar-refractivity contribution in [2.45, 2.75) is 49.8 Å². The number of hydrogen-bond acceptors (Lipinski definition) is 4. The van der Waals surface area contributed by atoms with Gasteiger partial charge in [-0.3, -0.25) is 0 Å². The minimum Gasteiger partial charge on any atom is -0.313 e. The molecule has 0 atom stereocenters. The fraction of sp³-hybridized carbons (Fsp3) is 0.318. The van der Waals surface area contributed by atoms with Crippen LogP contribution in [0.15, 0.2) is 66.0 Å². The summed E-state index contributed by atoms with van der Waals surface area (Å²) in [6, 6.07) is 18.1. The van der Waals surface area contributed by atoms with Gasteiger partial charge in [-0.2, -0.15) is 0 Å². The van der Waals surface area contributed by atoms with E-state index in [1.165, 1.54) is 12.8 Å². The number of aryl methyl sites for hydroxylation is 1. The highest BCUT2D eigenvalue weighted by Gasteiger charge is 2.26. The second-order valence-electron chi connectivity index (χ2n) is 7.44. The fourth-order valence-electron chi connectivity index (χ4n) is 3.29. The smallest absolute Gasteiger partial charge is 0.228 e. The molecule has 4 rings (SSSR count). The minimum atomic E-state index is -3.56. The number of imidazole rings is 1. The van der Waals surface area contributed by atoms with Gasteiger partial charge in [-0.1, -0.05) is 54.6 Å². The van der Waals surface area contributed by atoms with Crippen molar-refractivity contribution in [1.82, 2.24) is 14.9 Å². The zero-order valence-electron chi connectivity index (χ0n) is 16.0. The Morgan fingerprint density at radius 1 is 1.07 bits per heavy atom. The van der Waals surface area contributed by atoms with Crippen molar-refractivity contribution in [3.05, 3.63) is 83.2 Å². The number of hydrogen-bond donors (Lipinski definition) is 1. The molecule has 1 aliphatic rings. The van der Waals surface area contributed by atoms with Crippen LogP contribution in [0.2, 0.25) is 0 Å². The van der Waals surface area contributed by atoms with E-state index < -0.39 is 9.84 Å². The number of aromatic nitrogens is 2. The van der Waals surface area contributed by atoms with Crippen LogP contribution in [0.1, 0.15) is 35.2 Å². The quantitative estimate of drug-likeness (QED) is 0.634. The van der Waals surface area contributed by atoms with Crippen LogP contribution >= 0.6 is 0 Å². The Morgan fingerprint density at radius 2 is 1.79 bits per heavy atom. The molecule has 0 saturated heterocycles. The van der Waals surface area contributed by atoms with Gasteiger partial charge in [0.1, 0.15) is 0 Å². The molecule has 2 aromatic carbocycles. The molecule has 1 N–H and O–H groups in total. The van der Waals surface area contributed by atoms with Gasteiger partial charge in [0.2, 0.25) is 15.0 Å². The lowest BCUT2D eigenvalue weighted by Crippen LogP contribution is -2.21. The molecule has 3 aromatic rings. The number of sulfone groups is 1. The lowest BCUT2D eigenvalue weighted by molar-refractivity contribution is 0.559. The summed E-state index contributed by atoms with van der Waals surface area (Å²) < 4.78 is 28.3. The van der Waals surface area contributed by atoms with Crippen LogP contribution in [0.25, 0.3) is 0 Å². The molecule has 1 fully saturated rings. The van der Waals surface area contributed by atoms with E-state index in [2.05, 4.69) is 10.3 Å². The summed E-state index contributed by atoms with van der Waals surface area (Å²) in [4.78, 5) is 4.34. The molecule has 0 spiro atoms. The largest absolute Gasteiger partial charge is 0.313 e. The van der Waals surface area contributed by atoms with E-state index in [4.69, 9.17) is 0 Å². The average Bonchev–Trinajstić information content (AvgIpc) is 3.42. The van der Waals surface area contributed by atoms with E-state index in [-0.39, 0.29) is 10.9 Å². The molecule has 1 aromatic heterocycles. The predicted octanol–water partition coefficient (Wildman–Crippen LogP) is 3.47. The van der Waals surface area contributed by atoms with Gasteiger partial charge >= 0.3 is 0 Å². The topological polar surface area (TPSA) is 64.0 Å². The van der Waals surface area contributed by atoms with Gasteiger partial charge < -0.3 is 9.88 Å². The van der Waals surface area contributed by atoms with Gasteiger partial charge in [-0.15, -0.1) is 0 Å². The van der Waals surface area contributed by atoms with E-state index in [1.54, 1.807) is 6.20 Å². The van der Waals surface area contributed by atoms with Crippen LogP contribution in [0.4, 0.5) is 0 Å². The van der Waals surface area contributed by atoms with Crippen molar-refractivity contribution in [2.24, 2.45) is 0 Å². The van der Waals surface area contributed by atoms with Gasteiger partial charge in [0.15, 0.2) is 0 Å². The average molecular weight is 396 g/mol. The van der Waals surface area contributed by atoms with Gasteiger partial charge in [-0.25, -0.2) is 13.4 Å². The van der Waals surface area contributed by atoms with Gasteiger partial charge in [0.25, 0.3) is 0 Å². The predicted molar refractivity (Wildman–Crippen MR) is 110 cm³/mol. The molecular formula is C22H25N3O2S. The standard InChI is InChI=1S/C22H25N3O2S/c1-17-7-5-6-10-19(17)16-28(26,27)22-24-14-21(13-23-20-11-12-20)25(22)15-18-8-3-2-4-9-18/h2-10,14,20,23H,11-13,15-16H2,1H3. The Morgan fingerprint density at radius 3 is 2.50 bits per heavy atom. The molecule has 5 nitrogen and oxygen atoms in total. The van der Waals surface area contributed by atoms with Crippen LogP contribution in [-0.2, 0) is 28.7 Å². The molecule has 0 unspecified atom stereocenters. The Bertz CT molecular complexity index is 1050. The third-order valence-electron chi connectivity index (χ3n) is 5.12. The second kappa shape index (κ2) is 7.89. The van der Waals surface area contributed by atoms with Crippen LogP contribution in [0.3, 0.4) is 0 Å². The van der Waals surface area contributed by atoms with E-state index in [0.717, 1.165) is 22.4 Å². The van der Waals surface area contributed by atoms with E-state index >= 15 is 0 Å². The maximum atomic E-state index is 13.2. The maximum Gasteiger partial charge on any atom is 0.228 e. The van der Waals surface area contributed by atoms with Crippen molar-refractivity contribution < 1.29 is 8.42 Å². The van der Waals surface area contributed by atoms with Crippen molar-refractivity contribution in [1.29, 1.82) is 0 Å². The first kappa shape index (κ1) is 18.9. The summed E-state index contributed by atoms with van der Waals surface area (Å²) in [5.74, 6) is -0.0407. The number of nitrogens with zero attached hydrogens (tertiary/aromatic N) is 2. The Balaban J connectivity index is 1.67. The monoisotopic (exact) mass is 395 g/mol. The first-order valence-corrected chi connectivity index (χ1v) is 11.3. The normalized spacial score (nSPS) is 14.3. The molecule has 0 amide bonds. The van der Waals surface area contributed by atoms with Crippen molar-refractivity contribution in [3.63, 3.8) is 0 Å². The summed E-state index contributed by atoms with van der Waals surface area (Å²) in [5.41, 5.74) is 3.75. The molecule has 0 aliphatic heterocycles. The fourth-order valence-corrected chi connectivity index (χ4v) is 4.89. The van der Waals surface area contributed by atoms with Crippen molar-refractivity contribution in [2.75, 3.05) is 0 Å². The second-order valence-corrected chi connectivity index (χ2v) is 9.33. The van der Waals surface area contributed by atoms with E-state index in [1.807, 2.05) is 66.1 Å². The molecule has 1 heterocycles. The zero-order valence-corrected chi connectivity index (χ0v) is 16.8. The van der Waals surface area contributed by atoms with E-state index in [0.29, 0.717) is 19.1 Å². The van der Waals surface area contributed by atoms with E-state index in [9.17, 15) is 8.42 Å². The van der Waals surface area contributed by atoms with Crippen molar-refractivity contribution >= 4 is 9.84 Å². The highest BCUT2D eigenvalue weighted by atomic mass is 32.2. The molecule has 1 saturated carbocycles.